The third-order valence-electron chi connectivity index (χ3n) is 1.69. The number of hydrazine groups is 1. The summed E-state index contributed by atoms with van der Waals surface area (Å²) in [6.07, 6.45) is 1.69. The van der Waals surface area contributed by atoms with Crippen LogP contribution in [-0.2, 0) is 0 Å². The van der Waals surface area contributed by atoms with E-state index < -0.39 is 0 Å². The van der Waals surface area contributed by atoms with E-state index in [1.165, 1.54) is 0 Å². The summed E-state index contributed by atoms with van der Waals surface area (Å²) < 4.78 is 4.77. The number of anilines is 1. The molecular weight excluding hydrogens is 182 g/mol. The number of aromatic nitrogens is 3. The smallest absolute Gasteiger partial charge is 0.314 e. The maximum atomic E-state index is 5.10. The van der Waals surface area contributed by atoms with Crippen molar-refractivity contribution in [2.24, 2.45) is 5.84 Å². The monoisotopic (exact) mass is 191 g/mol. The van der Waals surface area contributed by atoms with Gasteiger partial charge < -0.3 is 4.52 Å². The molecule has 3 N–H and O–H groups in total. The van der Waals surface area contributed by atoms with Crippen molar-refractivity contribution in [1.82, 2.24) is 15.1 Å². The summed E-state index contributed by atoms with van der Waals surface area (Å²) in [4.78, 5) is 8.07. The van der Waals surface area contributed by atoms with Gasteiger partial charge in [0.2, 0.25) is 5.82 Å². The minimum absolute atomic E-state index is 0.170. The molecule has 14 heavy (non-hydrogen) atoms. The minimum atomic E-state index is 0.170. The molecule has 0 atom stereocenters. The van der Waals surface area contributed by atoms with Gasteiger partial charge in [0.1, 0.15) is 5.69 Å². The summed E-state index contributed by atoms with van der Waals surface area (Å²) in [7, 11) is 0. The minimum Gasteiger partial charge on any atom is -0.314 e. The predicted molar refractivity (Wildman–Crippen MR) is 50.1 cm³/mol. The molecule has 2 heterocycles. The summed E-state index contributed by atoms with van der Waals surface area (Å²) in [5, 5.41) is 3.71. The van der Waals surface area contributed by atoms with Gasteiger partial charge in [-0.15, -0.1) is 0 Å². The van der Waals surface area contributed by atoms with Gasteiger partial charge >= 0.3 is 6.01 Å². The van der Waals surface area contributed by atoms with Crippen LogP contribution in [0.1, 0.15) is 5.56 Å². The Balaban J connectivity index is 2.39. The van der Waals surface area contributed by atoms with E-state index in [4.69, 9.17) is 10.4 Å². The average molecular weight is 191 g/mol. The third kappa shape index (κ3) is 1.55. The average Bonchev–Trinajstić information content (AvgIpc) is 2.66. The molecule has 6 heteroatoms. The number of pyridine rings is 1. The zero-order valence-electron chi connectivity index (χ0n) is 7.56. The predicted octanol–water partition coefficient (Wildman–Crippen LogP) is 0.726. The highest BCUT2D eigenvalue weighted by Crippen LogP contribution is 2.15. The van der Waals surface area contributed by atoms with Gasteiger partial charge in [-0.3, -0.25) is 10.4 Å². The molecule has 0 bridgehead atoms. The highest BCUT2D eigenvalue weighted by molar-refractivity contribution is 5.50. The fraction of sp³-hybridized carbons (Fsp3) is 0.125. The Morgan fingerprint density at radius 1 is 1.50 bits per heavy atom. The largest absolute Gasteiger partial charge is 0.335 e. The standard InChI is InChI=1S/C8H9N5O/c1-5-2-3-10-6(4-5)7-11-8(12-9)14-13-7/h2-4H,9H2,1H3,(H,11,12,13). The molecule has 2 rings (SSSR count). The quantitative estimate of drug-likeness (QED) is 0.537. The first kappa shape index (κ1) is 8.64. The molecule has 0 aromatic carbocycles. The van der Waals surface area contributed by atoms with E-state index in [1.807, 2.05) is 19.1 Å². The summed E-state index contributed by atoms with van der Waals surface area (Å²) >= 11 is 0. The topological polar surface area (TPSA) is 89.9 Å². The highest BCUT2D eigenvalue weighted by Gasteiger charge is 2.07. The van der Waals surface area contributed by atoms with E-state index in [9.17, 15) is 0 Å². The van der Waals surface area contributed by atoms with Crippen molar-refractivity contribution in [2.75, 3.05) is 5.43 Å². The van der Waals surface area contributed by atoms with Gasteiger partial charge in [-0.1, -0.05) is 5.16 Å². The molecule has 2 aromatic rings. The molecule has 6 nitrogen and oxygen atoms in total. The second-order valence-electron chi connectivity index (χ2n) is 2.79. The number of rotatable bonds is 2. The van der Waals surface area contributed by atoms with E-state index in [1.54, 1.807) is 6.20 Å². The Hall–Kier alpha value is -1.95. The first-order chi connectivity index (χ1) is 6.79. The van der Waals surface area contributed by atoms with Gasteiger partial charge in [0.15, 0.2) is 0 Å². The van der Waals surface area contributed by atoms with Gasteiger partial charge in [0.25, 0.3) is 0 Å². The maximum absolute atomic E-state index is 5.10. The van der Waals surface area contributed by atoms with E-state index in [-0.39, 0.29) is 6.01 Å². The zero-order chi connectivity index (χ0) is 9.97. The summed E-state index contributed by atoms with van der Waals surface area (Å²) in [6, 6.07) is 3.93. The Kier molecular flexibility index (Phi) is 2.11. The maximum Gasteiger partial charge on any atom is 0.335 e. The van der Waals surface area contributed by atoms with Gasteiger partial charge in [0, 0.05) is 6.20 Å². The fourth-order valence-corrected chi connectivity index (χ4v) is 1.04. The van der Waals surface area contributed by atoms with Crippen molar-refractivity contribution in [3.05, 3.63) is 23.9 Å². The van der Waals surface area contributed by atoms with Crippen LogP contribution in [0.25, 0.3) is 11.5 Å². The molecule has 0 amide bonds. The second-order valence-corrected chi connectivity index (χ2v) is 2.79. The summed E-state index contributed by atoms with van der Waals surface area (Å²) in [5.74, 6) is 5.52. The number of hydrogen-bond acceptors (Lipinski definition) is 6. The van der Waals surface area contributed by atoms with Gasteiger partial charge in [0.05, 0.1) is 0 Å². The van der Waals surface area contributed by atoms with E-state index in [0.717, 1.165) is 5.56 Å². The van der Waals surface area contributed by atoms with E-state index in [2.05, 4.69) is 20.6 Å². The third-order valence-corrected chi connectivity index (χ3v) is 1.69. The lowest BCUT2D eigenvalue weighted by Gasteiger charge is -1.93. The van der Waals surface area contributed by atoms with Crippen LogP contribution in [0.3, 0.4) is 0 Å². The molecule has 72 valence electrons. The van der Waals surface area contributed by atoms with Crippen molar-refractivity contribution in [2.45, 2.75) is 6.92 Å². The Morgan fingerprint density at radius 3 is 3.00 bits per heavy atom. The second kappa shape index (κ2) is 3.43. The first-order valence-electron chi connectivity index (χ1n) is 4.03. The van der Waals surface area contributed by atoms with Crippen molar-refractivity contribution in [1.29, 1.82) is 0 Å². The van der Waals surface area contributed by atoms with Gasteiger partial charge in [-0.25, -0.2) is 5.84 Å². The molecule has 0 saturated carbocycles. The molecule has 0 spiro atoms. The molecule has 0 unspecified atom stereocenters. The molecular formula is C8H9N5O. The zero-order valence-corrected chi connectivity index (χ0v) is 7.56. The Bertz CT molecular complexity index is 439. The number of nitrogens with two attached hydrogens (primary N) is 1. The van der Waals surface area contributed by atoms with Crippen molar-refractivity contribution >= 4 is 6.01 Å². The highest BCUT2D eigenvalue weighted by atomic mass is 16.5. The molecule has 2 aromatic heterocycles. The molecule has 0 fully saturated rings. The van der Waals surface area contributed by atoms with Crippen LogP contribution in [0.5, 0.6) is 0 Å². The molecule has 0 aliphatic heterocycles. The van der Waals surface area contributed by atoms with Crippen LogP contribution in [0.15, 0.2) is 22.9 Å². The van der Waals surface area contributed by atoms with Gasteiger partial charge in [-0.2, -0.15) is 4.98 Å². The van der Waals surface area contributed by atoms with Crippen LogP contribution in [0.2, 0.25) is 0 Å². The number of nitrogens with zero attached hydrogens (tertiary/aromatic N) is 3. The van der Waals surface area contributed by atoms with Crippen molar-refractivity contribution in [3.8, 4) is 11.5 Å². The molecule has 0 saturated heterocycles. The van der Waals surface area contributed by atoms with Gasteiger partial charge in [-0.05, 0) is 24.6 Å². The first-order valence-corrected chi connectivity index (χ1v) is 4.03. The number of nitrogen functional groups attached to an aromatic ring is 1. The van der Waals surface area contributed by atoms with Crippen LogP contribution >= 0.6 is 0 Å². The lowest BCUT2D eigenvalue weighted by atomic mass is 10.2. The van der Waals surface area contributed by atoms with Crippen LogP contribution in [0.4, 0.5) is 6.01 Å². The summed E-state index contributed by atoms with van der Waals surface area (Å²) in [5.41, 5.74) is 4.01. The molecule has 0 aliphatic rings. The summed E-state index contributed by atoms with van der Waals surface area (Å²) in [6.45, 7) is 1.97. The number of aryl methyl sites for hydroxylation is 1. The van der Waals surface area contributed by atoms with Crippen LogP contribution in [-0.4, -0.2) is 15.1 Å². The normalized spacial score (nSPS) is 10.1. The SMILES string of the molecule is Cc1ccnc(-c2noc(NN)n2)c1. The Morgan fingerprint density at radius 2 is 2.36 bits per heavy atom. The fourth-order valence-electron chi connectivity index (χ4n) is 1.04. The lowest BCUT2D eigenvalue weighted by molar-refractivity contribution is 0.432. The van der Waals surface area contributed by atoms with E-state index in [0.29, 0.717) is 11.5 Å². The van der Waals surface area contributed by atoms with Crippen molar-refractivity contribution in [3.63, 3.8) is 0 Å². The lowest BCUT2D eigenvalue weighted by Crippen LogP contribution is -2.06. The van der Waals surface area contributed by atoms with E-state index >= 15 is 0 Å². The number of hydrogen-bond donors (Lipinski definition) is 2. The van der Waals surface area contributed by atoms with Crippen LogP contribution in [0, 0.1) is 6.92 Å². The van der Waals surface area contributed by atoms with Crippen LogP contribution < -0.4 is 11.3 Å². The Labute approximate surface area is 80.1 Å². The van der Waals surface area contributed by atoms with Crippen molar-refractivity contribution < 1.29 is 4.52 Å². The molecule has 0 radical (unpaired) electrons. The number of nitrogens with one attached hydrogen (secondary N) is 1. The molecule has 0 aliphatic carbocycles.